The Morgan fingerprint density at radius 1 is 0.538 bits per heavy atom. The third-order valence-corrected chi connectivity index (χ3v) is 19.1. The number of aliphatic carboxylic acids is 1. The first kappa shape index (κ1) is 118. The Balaban J connectivity index is 0.00000159. The van der Waals surface area contributed by atoms with Crippen LogP contribution >= 0.6 is 46.4 Å². The van der Waals surface area contributed by atoms with Gasteiger partial charge in [0.25, 0.3) is 6.47 Å². The summed E-state index contributed by atoms with van der Waals surface area (Å²) in [4.78, 5) is 172. The van der Waals surface area contributed by atoms with Gasteiger partial charge in [-0.15, -0.1) is 0 Å². The number of nitrogens with zero attached hydrogens (tertiary/aromatic N) is 1. The zero-order chi connectivity index (χ0) is 94.3. The zero-order valence-corrected chi connectivity index (χ0v) is 81.2. The molecule has 28 nitrogen and oxygen atoms in total. The van der Waals surface area contributed by atoms with Crippen LogP contribution in [0.2, 0.25) is 20.1 Å². The first-order valence-corrected chi connectivity index (χ1v) is 41.4. The number of carbonyl (C=O) groups is 14. The van der Waals surface area contributed by atoms with Crippen LogP contribution in [0, 0.1) is 5.92 Å². The van der Waals surface area contributed by atoms with Gasteiger partial charge >= 0.3 is 101 Å². The van der Waals surface area contributed by atoms with Gasteiger partial charge in [0.2, 0.25) is 0 Å². The standard InChI is InChI=1S/C25H28ClNO6.C20H20ClNO4.C20H18ClNO3.C13H10ClNO.C12H20O6.C4H8O.CH2O3.CH4.2Na.H/c1-25(2,3)33-24(31)27-20(12-13-22(29)32-4)21(28)14-17-10-11-18(26)15-19(17)23(30)16-8-6-5-7-9-16;1-26-19(24)10-9-17(22)18(23)11-14-7-8-15(21)12-16(14)20(25)13-5-3-2-4-6-13;1-25-19(24)10-9-17-18(23)11-14-7-8-15(21)12-16(14)20(22-17)13-5-3-2-4-6-13;14-10-6-7-12(15)11(8-10)13(16)9-4-2-1-3-5-9;1-12(2,3)18-10(14)7-8(11(15)16)5-6-9(13)17-4;1-2-4-5-3-1;2-1-4-3;;;;/h5-11,15,20H,12-14H2,1-4H3,(H,27,31);2-8,12,17H,9-11,22H2,1H3;2-8,12,17H,9-11H2,1H3;1-8H,15H2;8H,5-7H2,1-4H3,(H,15,16);1-4H2;1,3H;1H4;;;/q;;;;;;;;2*+1;-1/p-1/t20-;2*17-;;8-;;;;;;/m000.0....../s1. The van der Waals surface area contributed by atoms with Crippen molar-refractivity contribution in [3.8, 4) is 0 Å². The van der Waals surface area contributed by atoms with Crippen molar-refractivity contribution in [3.63, 3.8) is 0 Å². The van der Waals surface area contributed by atoms with E-state index in [0.717, 1.165) is 35.6 Å². The Morgan fingerprint density at radius 3 is 1.35 bits per heavy atom. The number of carbonyl (C=O) groups excluding carboxylic acids is 13. The fraction of sp³-hybridized carbons (Fsp3) is 0.344. The summed E-state index contributed by atoms with van der Waals surface area (Å²) >= 11 is 24.2. The van der Waals surface area contributed by atoms with E-state index >= 15 is 0 Å². The molecule has 1 fully saturated rings. The molecule has 1 saturated heterocycles. The van der Waals surface area contributed by atoms with Crippen molar-refractivity contribution >= 4 is 141 Å². The molecular weight excluding hydrogens is 1780 g/mol. The summed E-state index contributed by atoms with van der Waals surface area (Å²) < 4.78 is 33.5. The number of fused-ring (bicyclic) bond motifs is 1. The molecule has 0 aromatic heterocycles. The smallest absolute Gasteiger partial charge is 1.00 e. The van der Waals surface area contributed by atoms with Crippen LogP contribution in [0.15, 0.2) is 199 Å². The molecule has 130 heavy (non-hydrogen) atoms. The van der Waals surface area contributed by atoms with Crippen LogP contribution in [-0.4, -0.2) is 165 Å². The van der Waals surface area contributed by atoms with Gasteiger partial charge in [-0.25, -0.2) is 4.79 Å². The van der Waals surface area contributed by atoms with Crippen LogP contribution in [0.1, 0.15) is 197 Å². The quantitative estimate of drug-likeness (QED) is 0.00475. The van der Waals surface area contributed by atoms with Crippen LogP contribution in [0.5, 0.6) is 0 Å². The molecule has 0 spiro atoms. The molecule has 10 rings (SSSR count). The summed E-state index contributed by atoms with van der Waals surface area (Å²) in [5.74, 6) is -5.62. The number of nitrogens with two attached hydrogens (primary N) is 2. The van der Waals surface area contributed by atoms with E-state index < -0.39 is 71.2 Å². The van der Waals surface area contributed by atoms with Gasteiger partial charge < -0.3 is 66.6 Å². The second-order valence-corrected chi connectivity index (χ2v) is 31.9. The van der Waals surface area contributed by atoms with Crippen molar-refractivity contribution in [2.75, 3.05) is 47.4 Å². The molecule has 34 heteroatoms. The number of alkyl carbamates (subject to hydrolysis) is 1. The monoisotopic (exact) mass is 1890 g/mol. The number of esters is 5. The van der Waals surface area contributed by atoms with E-state index in [9.17, 15) is 62.3 Å². The molecule has 2 aliphatic rings. The summed E-state index contributed by atoms with van der Waals surface area (Å²) in [7, 11) is 5.10. The number of Topliss-reactive ketones (excluding diaryl/α,β-unsaturated/α-hetero) is 3. The summed E-state index contributed by atoms with van der Waals surface area (Å²) in [5, 5.41) is 21.8. The minimum Gasteiger partial charge on any atom is -1.00 e. The van der Waals surface area contributed by atoms with E-state index in [1.54, 1.807) is 163 Å². The van der Waals surface area contributed by atoms with Crippen molar-refractivity contribution in [2.24, 2.45) is 16.6 Å². The number of amides is 1. The number of halogens is 4. The van der Waals surface area contributed by atoms with Crippen molar-refractivity contribution in [2.45, 2.75) is 168 Å². The van der Waals surface area contributed by atoms with Crippen LogP contribution in [0.25, 0.3) is 0 Å². The number of benzene rings is 8. The Hall–Kier alpha value is -10.2. The summed E-state index contributed by atoms with van der Waals surface area (Å²) in [6.07, 6.45) is 2.40. The van der Waals surface area contributed by atoms with Crippen molar-refractivity contribution in [1.82, 2.24) is 5.32 Å². The average Bonchev–Trinajstić information content (AvgIpc) is 1.15. The molecule has 8 aromatic carbocycles. The minimum atomic E-state index is -1.12. The van der Waals surface area contributed by atoms with Gasteiger partial charge in [-0.3, -0.25) is 67.3 Å². The molecule has 6 N–H and O–H groups in total. The molecule has 0 aliphatic carbocycles. The van der Waals surface area contributed by atoms with E-state index in [2.05, 4.69) is 29.2 Å². The van der Waals surface area contributed by atoms with Crippen LogP contribution in [0.4, 0.5) is 10.5 Å². The Kier molecular flexibility index (Phi) is 56.4. The molecule has 1 amide bonds. The van der Waals surface area contributed by atoms with Gasteiger partial charge in [-0.2, -0.15) is 0 Å². The van der Waals surface area contributed by atoms with Gasteiger partial charge in [0, 0.05) is 128 Å². The van der Waals surface area contributed by atoms with Crippen LogP contribution < -0.4 is 81.2 Å². The molecule has 4 atom stereocenters. The topological polar surface area (TPSA) is 433 Å². The predicted molar refractivity (Wildman–Crippen MR) is 485 cm³/mol. The number of hydrogen-bond donors (Lipinski definition) is 4. The molecule has 688 valence electrons. The number of rotatable bonds is 30. The minimum absolute atomic E-state index is 0. The fourth-order valence-electron chi connectivity index (χ4n) is 11.8. The average molecular weight is 1890 g/mol. The molecular formula is C96H110Cl4N4Na2O24. The summed E-state index contributed by atoms with van der Waals surface area (Å²) in [6, 6.07) is 53.7. The summed E-state index contributed by atoms with van der Waals surface area (Å²) in [6.45, 7) is 12.0. The predicted octanol–water partition coefficient (Wildman–Crippen LogP) is 9.63. The molecule has 0 radical (unpaired) electrons. The normalized spacial score (nSPS) is 12.6. The molecule has 0 bridgehead atoms. The van der Waals surface area contributed by atoms with Crippen molar-refractivity contribution < 1.29 is 176 Å². The number of carboxylic acid groups (broad SMARTS) is 1. The molecule has 8 aromatic rings. The number of anilines is 1. The van der Waals surface area contributed by atoms with Crippen molar-refractivity contribution in [3.05, 3.63) is 275 Å². The van der Waals surface area contributed by atoms with Crippen molar-refractivity contribution in [1.29, 1.82) is 0 Å². The Morgan fingerprint density at radius 2 is 0.931 bits per heavy atom. The maximum atomic E-state index is 13.1. The fourth-order valence-corrected chi connectivity index (χ4v) is 12.5. The van der Waals surface area contributed by atoms with Gasteiger partial charge in [-0.1, -0.05) is 193 Å². The summed E-state index contributed by atoms with van der Waals surface area (Å²) in [5.41, 5.74) is 17.8. The largest absolute Gasteiger partial charge is 1.00 e. The third-order valence-electron chi connectivity index (χ3n) is 18.2. The van der Waals surface area contributed by atoms with Crippen LogP contribution in [-0.2, 0) is 105 Å². The van der Waals surface area contributed by atoms with E-state index in [-0.39, 0.29) is 186 Å². The van der Waals surface area contributed by atoms with E-state index in [4.69, 9.17) is 92.2 Å². The number of methoxy groups -OCH3 is 4. The number of ether oxygens (including phenoxy) is 7. The van der Waals surface area contributed by atoms with E-state index in [0.29, 0.717) is 76.7 Å². The van der Waals surface area contributed by atoms with Gasteiger partial charge in [0.1, 0.15) is 17.2 Å². The number of ketones is 6. The number of carboxylic acids is 1. The maximum absolute atomic E-state index is 13.1. The molecule has 2 aliphatic heterocycles. The van der Waals surface area contributed by atoms with E-state index in [1.807, 2.05) is 66.7 Å². The maximum Gasteiger partial charge on any atom is 1.00 e. The molecule has 2 heterocycles. The second kappa shape index (κ2) is 62.2. The number of hydrogen-bond acceptors (Lipinski definition) is 26. The zero-order valence-electron chi connectivity index (χ0n) is 75.1. The number of aliphatic imine (C=N–C) groups is 1. The van der Waals surface area contributed by atoms with Crippen LogP contribution in [0.3, 0.4) is 0 Å². The molecule has 0 unspecified atom stereocenters. The molecule has 0 saturated carbocycles. The first-order chi connectivity index (χ1) is 60.2. The number of nitrogens with one attached hydrogen (secondary N) is 1. The third kappa shape index (κ3) is 44.6. The van der Waals surface area contributed by atoms with E-state index in [1.165, 1.54) is 47.3 Å². The van der Waals surface area contributed by atoms with Gasteiger partial charge in [0.05, 0.1) is 58.6 Å². The second-order valence-electron chi connectivity index (χ2n) is 30.1. The number of nitrogen functional groups attached to an aromatic ring is 1. The Bertz CT molecular complexity index is 5050. The first-order valence-electron chi connectivity index (χ1n) is 39.9. The Labute approximate surface area is 823 Å². The van der Waals surface area contributed by atoms with Gasteiger partial charge in [0.15, 0.2) is 34.7 Å². The SMILES string of the molecule is C.C1CCOC1.COC(=O)CC[C@@H](CC(=O)OC(C)(C)C)C(=O)O.COC(=O)CC[C@@H]1N=C(c2ccccc2)c2cc(Cl)ccc2CC1=O.COC(=O)CC[C@H](N)C(=O)Cc1ccc(Cl)cc1C(=O)c1ccccc1.COC(=O)CC[C@H](NC(=O)OC(C)(C)C)C(=O)Cc1ccc(Cl)cc1C(=O)c1ccccc1.Nc1ccc(Cl)cc1C(=O)c1ccccc1.O=CO[O-].[H-].[Na+].[Na+]. The van der Waals surface area contributed by atoms with Gasteiger partial charge in [-0.05, 0) is 151 Å².